The number of hydrogen-bond donors (Lipinski definition) is 1. The van der Waals surface area contributed by atoms with E-state index in [1.54, 1.807) is 11.3 Å². The molecule has 1 aromatic carbocycles. The second-order valence-electron chi connectivity index (χ2n) is 3.93. The van der Waals surface area contributed by atoms with Gasteiger partial charge in [-0.05, 0) is 18.2 Å². The molecule has 1 N–H and O–H groups in total. The van der Waals surface area contributed by atoms with Crippen molar-refractivity contribution in [1.82, 2.24) is 10.3 Å². The number of likely N-dealkylation sites (N-methyl/N-ethyl adjacent to an activating group) is 1. The van der Waals surface area contributed by atoms with Crippen molar-refractivity contribution in [3.8, 4) is 0 Å². The van der Waals surface area contributed by atoms with E-state index in [1.807, 2.05) is 29.9 Å². The molecule has 0 aliphatic carbocycles. The van der Waals surface area contributed by atoms with Gasteiger partial charge in [0.05, 0.1) is 15.6 Å². The van der Waals surface area contributed by atoms with Crippen LogP contribution < -0.4 is 5.32 Å². The molecule has 1 heterocycles. The molecule has 96 valence electrons. The van der Waals surface area contributed by atoms with Gasteiger partial charge in [0.1, 0.15) is 0 Å². The molecule has 2 nitrogen and oxygen atoms in total. The maximum absolute atomic E-state index is 6.28. The van der Waals surface area contributed by atoms with Crippen LogP contribution in [0.5, 0.6) is 0 Å². The van der Waals surface area contributed by atoms with Gasteiger partial charge in [0, 0.05) is 23.5 Å². The van der Waals surface area contributed by atoms with E-state index >= 15 is 0 Å². The van der Waals surface area contributed by atoms with Crippen LogP contribution in [0.4, 0.5) is 0 Å². The third-order valence-corrected chi connectivity index (χ3v) is 4.33. The predicted molar refractivity (Wildman–Crippen MR) is 78.7 cm³/mol. The Balaban J connectivity index is 2.26. The maximum Gasteiger partial charge on any atom is 0.0794 e. The highest BCUT2D eigenvalue weighted by molar-refractivity contribution is 7.09. The first-order valence-electron chi connectivity index (χ1n) is 5.77. The van der Waals surface area contributed by atoms with Gasteiger partial charge in [-0.2, -0.15) is 0 Å². The third-order valence-electron chi connectivity index (χ3n) is 2.70. The molecule has 0 saturated carbocycles. The molecule has 5 heteroatoms. The van der Waals surface area contributed by atoms with Crippen molar-refractivity contribution in [2.75, 3.05) is 6.54 Å². The number of nitrogens with zero attached hydrogens (tertiary/aromatic N) is 1. The van der Waals surface area contributed by atoms with Crippen LogP contribution in [0.1, 0.15) is 23.4 Å². The van der Waals surface area contributed by atoms with Crippen LogP contribution in [0.15, 0.2) is 29.9 Å². The van der Waals surface area contributed by atoms with Gasteiger partial charge in [-0.15, -0.1) is 11.3 Å². The number of aromatic nitrogens is 1. The molecule has 1 unspecified atom stereocenters. The average molecular weight is 301 g/mol. The predicted octanol–water partition coefficient (Wildman–Crippen LogP) is 4.34. The lowest BCUT2D eigenvalue weighted by molar-refractivity contribution is 0.553. The minimum absolute atomic E-state index is 0.168. The van der Waals surface area contributed by atoms with Crippen molar-refractivity contribution in [2.24, 2.45) is 0 Å². The first-order chi connectivity index (χ1) is 8.72. The first-order valence-corrected chi connectivity index (χ1v) is 7.40. The highest BCUT2D eigenvalue weighted by Crippen LogP contribution is 2.31. The van der Waals surface area contributed by atoms with E-state index in [1.165, 1.54) is 4.88 Å². The summed E-state index contributed by atoms with van der Waals surface area (Å²) in [6.45, 7) is 2.96. The van der Waals surface area contributed by atoms with Crippen LogP contribution in [-0.4, -0.2) is 11.5 Å². The van der Waals surface area contributed by atoms with Crippen LogP contribution in [0.3, 0.4) is 0 Å². The fraction of sp³-hybridized carbons (Fsp3) is 0.308. The Bertz CT molecular complexity index is 500. The summed E-state index contributed by atoms with van der Waals surface area (Å²) in [6, 6.07) is 5.92. The quantitative estimate of drug-likeness (QED) is 0.888. The van der Waals surface area contributed by atoms with Crippen molar-refractivity contribution < 1.29 is 0 Å². The lowest BCUT2D eigenvalue weighted by Gasteiger charge is -2.19. The molecule has 2 aromatic rings. The average Bonchev–Trinajstić information content (AvgIpc) is 2.85. The van der Waals surface area contributed by atoms with E-state index in [0.29, 0.717) is 10.0 Å². The number of benzene rings is 1. The van der Waals surface area contributed by atoms with E-state index in [-0.39, 0.29) is 6.04 Å². The SMILES string of the molecule is CCNC(Cc1cncs1)c1cccc(Cl)c1Cl. The van der Waals surface area contributed by atoms with E-state index in [9.17, 15) is 0 Å². The summed E-state index contributed by atoms with van der Waals surface area (Å²) < 4.78 is 0. The summed E-state index contributed by atoms with van der Waals surface area (Å²) in [5, 5.41) is 4.67. The molecule has 18 heavy (non-hydrogen) atoms. The van der Waals surface area contributed by atoms with Crippen molar-refractivity contribution in [1.29, 1.82) is 0 Å². The van der Waals surface area contributed by atoms with Gasteiger partial charge in [0.2, 0.25) is 0 Å². The van der Waals surface area contributed by atoms with Crippen molar-refractivity contribution >= 4 is 34.5 Å². The van der Waals surface area contributed by atoms with Crippen molar-refractivity contribution in [3.05, 3.63) is 50.4 Å². The van der Waals surface area contributed by atoms with Crippen LogP contribution in [-0.2, 0) is 6.42 Å². The fourth-order valence-electron chi connectivity index (χ4n) is 1.87. The van der Waals surface area contributed by atoms with Gasteiger partial charge in [-0.1, -0.05) is 42.3 Å². The standard InChI is InChI=1S/C13H14Cl2N2S/c1-2-17-12(6-9-7-16-8-18-9)10-4-3-5-11(14)13(10)15/h3-5,7-8,12,17H,2,6H2,1H3. The van der Waals surface area contributed by atoms with Crippen molar-refractivity contribution in [2.45, 2.75) is 19.4 Å². The molecule has 0 saturated heterocycles. The number of hydrogen-bond acceptors (Lipinski definition) is 3. The van der Waals surface area contributed by atoms with Crippen molar-refractivity contribution in [3.63, 3.8) is 0 Å². The zero-order chi connectivity index (χ0) is 13.0. The Labute approximate surface area is 121 Å². The second kappa shape index (κ2) is 6.53. The lowest BCUT2D eigenvalue weighted by atomic mass is 10.0. The summed E-state index contributed by atoms with van der Waals surface area (Å²) in [4.78, 5) is 5.33. The number of nitrogens with one attached hydrogen (secondary N) is 1. The lowest BCUT2D eigenvalue weighted by Crippen LogP contribution is -2.23. The molecule has 0 aliphatic heterocycles. The smallest absolute Gasteiger partial charge is 0.0794 e. The van der Waals surface area contributed by atoms with Crippen LogP contribution in [0.25, 0.3) is 0 Å². The minimum atomic E-state index is 0.168. The molecular formula is C13H14Cl2N2S. The second-order valence-corrected chi connectivity index (χ2v) is 5.68. The molecule has 0 bridgehead atoms. The Morgan fingerprint density at radius 2 is 2.22 bits per heavy atom. The largest absolute Gasteiger partial charge is 0.310 e. The summed E-state index contributed by atoms with van der Waals surface area (Å²) >= 11 is 14.0. The van der Waals surface area contributed by atoms with Gasteiger partial charge in [0.15, 0.2) is 0 Å². The third kappa shape index (κ3) is 3.23. The van der Waals surface area contributed by atoms with E-state index in [4.69, 9.17) is 23.2 Å². The molecule has 0 amide bonds. The molecule has 0 radical (unpaired) electrons. The Morgan fingerprint density at radius 3 is 2.89 bits per heavy atom. The van der Waals surface area contributed by atoms with E-state index in [0.717, 1.165) is 18.5 Å². The van der Waals surface area contributed by atoms with Crippen LogP contribution in [0.2, 0.25) is 10.0 Å². The maximum atomic E-state index is 6.28. The Morgan fingerprint density at radius 1 is 1.39 bits per heavy atom. The number of rotatable bonds is 5. The zero-order valence-corrected chi connectivity index (χ0v) is 12.3. The summed E-state index contributed by atoms with van der Waals surface area (Å²) in [7, 11) is 0. The topological polar surface area (TPSA) is 24.9 Å². The molecule has 2 rings (SSSR count). The normalized spacial score (nSPS) is 12.6. The monoisotopic (exact) mass is 300 g/mol. The summed E-state index contributed by atoms with van der Waals surface area (Å²) in [5.74, 6) is 0. The fourth-order valence-corrected chi connectivity index (χ4v) is 2.95. The summed E-state index contributed by atoms with van der Waals surface area (Å²) in [6.07, 6.45) is 2.77. The van der Waals surface area contributed by atoms with Crippen LogP contribution >= 0.6 is 34.5 Å². The minimum Gasteiger partial charge on any atom is -0.310 e. The number of halogens is 2. The molecule has 0 fully saturated rings. The zero-order valence-electron chi connectivity index (χ0n) is 9.99. The highest BCUT2D eigenvalue weighted by atomic mass is 35.5. The molecule has 1 aromatic heterocycles. The van der Waals surface area contributed by atoms with Gasteiger partial charge in [-0.3, -0.25) is 4.98 Å². The molecule has 0 spiro atoms. The molecule has 1 atom stereocenters. The summed E-state index contributed by atoms with van der Waals surface area (Å²) in [5.41, 5.74) is 2.89. The first kappa shape index (κ1) is 13.8. The van der Waals surface area contributed by atoms with Gasteiger partial charge >= 0.3 is 0 Å². The highest BCUT2D eigenvalue weighted by Gasteiger charge is 2.16. The van der Waals surface area contributed by atoms with E-state index in [2.05, 4.69) is 17.2 Å². The molecule has 0 aliphatic rings. The van der Waals surface area contributed by atoms with Gasteiger partial charge in [0.25, 0.3) is 0 Å². The van der Waals surface area contributed by atoms with E-state index < -0.39 is 0 Å². The Hall–Kier alpha value is -0.610. The van der Waals surface area contributed by atoms with Crippen LogP contribution in [0, 0.1) is 0 Å². The Kier molecular flexibility index (Phi) is 5.01. The van der Waals surface area contributed by atoms with Gasteiger partial charge in [-0.25, -0.2) is 0 Å². The molecular weight excluding hydrogens is 287 g/mol. The number of thiazole rings is 1. The van der Waals surface area contributed by atoms with Gasteiger partial charge < -0.3 is 5.32 Å².